The van der Waals surface area contributed by atoms with Crippen molar-refractivity contribution < 1.29 is 19.4 Å². The van der Waals surface area contributed by atoms with Crippen LogP contribution in [0.1, 0.15) is 51.9 Å². The number of ketones is 1. The molecule has 0 aliphatic heterocycles. The summed E-state index contributed by atoms with van der Waals surface area (Å²) in [6, 6.07) is 0. The van der Waals surface area contributed by atoms with Gasteiger partial charge in [0.25, 0.3) is 0 Å². The summed E-state index contributed by atoms with van der Waals surface area (Å²) >= 11 is 0. The van der Waals surface area contributed by atoms with Crippen molar-refractivity contribution in [3.63, 3.8) is 0 Å². The van der Waals surface area contributed by atoms with Gasteiger partial charge in [-0.2, -0.15) is 0 Å². The minimum absolute atomic E-state index is 0.0420. The van der Waals surface area contributed by atoms with Crippen LogP contribution in [0.2, 0.25) is 0 Å². The van der Waals surface area contributed by atoms with E-state index < -0.39 is 6.10 Å². The quantitative estimate of drug-likeness (QED) is 0.265. The van der Waals surface area contributed by atoms with Gasteiger partial charge in [0, 0.05) is 17.9 Å². The molecule has 0 bridgehead atoms. The molecule has 1 N–H and O–H groups in total. The molecular formula is C21H30O4. The van der Waals surface area contributed by atoms with Gasteiger partial charge in [-0.25, -0.2) is 0 Å². The van der Waals surface area contributed by atoms with Gasteiger partial charge in [0.2, 0.25) is 0 Å². The highest BCUT2D eigenvalue weighted by molar-refractivity contribution is 6.07. The van der Waals surface area contributed by atoms with E-state index in [1.54, 1.807) is 6.08 Å². The van der Waals surface area contributed by atoms with Crippen molar-refractivity contribution in [2.24, 2.45) is 5.92 Å². The number of unbranched alkanes of at least 4 members (excludes halogenated alkanes) is 1. The van der Waals surface area contributed by atoms with Crippen LogP contribution in [0, 0.1) is 5.92 Å². The number of carbonyl (C=O) groups excluding carboxylic acids is 2. The Morgan fingerprint density at radius 1 is 1.28 bits per heavy atom. The van der Waals surface area contributed by atoms with Crippen LogP contribution in [-0.4, -0.2) is 30.1 Å². The summed E-state index contributed by atoms with van der Waals surface area (Å²) in [4.78, 5) is 23.0. The third-order valence-electron chi connectivity index (χ3n) is 4.12. The molecule has 0 fully saturated rings. The molecule has 0 aromatic heterocycles. The number of aliphatic hydroxyl groups excluding tert-OH is 1. The molecule has 138 valence electrons. The van der Waals surface area contributed by atoms with Gasteiger partial charge in [0.15, 0.2) is 5.78 Å². The number of hydrogen-bond acceptors (Lipinski definition) is 4. The first-order chi connectivity index (χ1) is 12.1. The second-order valence-electron chi connectivity index (χ2n) is 6.17. The predicted molar refractivity (Wildman–Crippen MR) is 100 cm³/mol. The Morgan fingerprint density at radius 2 is 2.08 bits per heavy atom. The first kappa shape index (κ1) is 21.1. The summed E-state index contributed by atoms with van der Waals surface area (Å²) in [5.41, 5.74) is 0.776. The van der Waals surface area contributed by atoms with Gasteiger partial charge >= 0.3 is 5.97 Å². The van der Waals surface area contributed by atoms with Gasteiger partial charge in [-0.3, -0.25) is 9.59 Å². The van der Waals surface area contributed by atoms with E-state index >= 15 is 0 Å². The number of ether oxygens (including phenoxy) is 1. The Kier molecular flexibility index (Phi) is 10.5. The fourth-order valence-corrected chi connectivity index (χ4v) is 2.65. The highest BCUT2D eigenvalue weighted by Gasteiger charge is 2.21. The molecule has 1 aliphatic carbocycles. The standard InChI is InChI=1S/C21H30O4/c1-3-4-7-11-18(22)14-15-19-17(13-16-20(19)23)10-8-5-6-9-12-21(24)25-2/h4-5,7-8,13,15-18,22H,3,6,9-12,14H2,1-2H3/b7-4-,8-5-,19-15+/t17?,18-/m0/s1. The van der Waals surface area contributed by atoms with E-state index in [0.717, 1.165) is 31.3 Å². The second-order valence-corrected chi connectivity index (χ2v) is 6.17. The van der Waals surface area contributed by atoms with Gasteiger partial charge in [-0.05, 0) is 44.6 Å². The molecule has 2 atom stereocenters. The monoisotopic (exact) mass is 346 g/mol. The predicted octanol–water partition coefficient (Wildman–Crippen LogP) is 4.06. The lowest BCUT2D eigenvalue weighted by atomic mass is 9.96. The van der Waals surface area contributed by atoms with E-state index in [0.29, 0.717) is 19.3 Å². The average molecular weight is 346 g/mol. The van der Waals surface area contributed by atoms with Crippen LogP contribution in [0.5, 0.6) is 0 Å². The zero-order valence-electron chi connectivity index (χ0n) is 15.3. The zero-order chi connectivity index (χ0) is 18.5. The highest BCUT2D eigenvalue weighted by atomic mass is 16.5. The normalized spacial score (nSPS) is 20.2. The van der Waals surface area contributed by atoms with E-state index in [1.807, 2.05) is 30.4 Å². The smallest absolute Gasteiger partial charge is 0.305 e. The molecule has 0 saturated carbocycles. The number of aliphatic hydroxyl groups is 1. The number of carbonyl (C=O) groups is 2. The lowest BCUT2D eigenvalue weighted by molar-refractivity contribution is -0.140. The molecule has 25 heavy (non-hydrogen) atoms. The molecule has 1 aliphatic rings. The molecule has 0 amide bonds. The largest absolute Gasteiger partial charge is 0.469 e. The van der Waals surface area contributed by atoms with Crippen LogP contribution >= 0.6 is 0 Å². The van der Waals surface area contributed by atoms with Crippen LogP contribution in [0.4, 0.5) is 0 Å². The first-order valence-electron chi connectivity index (χ1n) is 9.05. The molecule has 0 spiro atoms. The van der Waals surface area contributed by atoms with Crippen molar-refractivity contribution >= 4 is 11.8 Å². The summed E-state index contributed by atoms with van der Waals surface area (Å²) in [6.45, 7) is 2.06. The number of allylic oxidation sites excluding steroid dienone is 6. The number of hydrogen-bond donors (Lipinski definition) is 1. The van der Waals surface area contributed by atoms with Crippen molar-refractivity contribution in [2.75, 3.05) is 7.11 Å². The summed E-state index contributed by atoms with van der Waals surface area (Å²) in [5, 5.41) is 9.97. The maximum atomic E-state index is 12.0. The number of rotatable bonds is 11. The topological polar surface area (TPSA) is 63.6 Å². The minimum Gasteiger partial charge on any atom is -0.469 e. The molecule has 1 rings (SSSR count). The lowest BCUT2D eigenvalue weighted by Gasteiger charge is -2.10. The fraction of sp³-hybridized carbons (Fsp3) is 0.524. The van der Waals surface area contributed by atoms with Crippen molar-refractivity contribution in [3.05, 3.63) is 48.1 Å². The Balaban J connectivity index is 2.40. The molecule has 0 saturated heterocycles. The van der Waals surface area contributed by atoms with E-state index in [-0.39, 0.29) is 17.7 Å². The SMILES string of the molecule is CC/C=C\C[C@H](O)C/C=C1/C(=O)C=CC1C/C=C\CCCC(=O)OC. The molecular weight excluding hydrogens is 316 g/mol. The van der Waals surface area contributed by atoms with Gasteiger partial charge < -0.3 is 9.84 Å². The van der Waals surface area contributed by atoms with Crippen LogP contribution in [0.15, 0.2) is 48.1 Å². The molecule has 0 heterocycles. The Morgan fingerprint density at radius 3 is 2.80 bits per heavy atom. The van der Waals surface area contributed by atoms with Crippen molar-refractivity contribution in [1.82, 2.24) is 0 Å². The van der Waals surface area contributed by atoms with Gasteiger partial charge in [0.1, 0.15) is 0 Å². The third-order valence-corrected chi connectivity index (χ3v) is 4.12. The number of methoxy groups -OCH3 is 1. The Labute approximate surface area is 151 Å². The van der Waals surface area contributed by atoms with Crippen LogP contribution in [0.3, 0.4) is 0 Å². The molecule has 0 aromatic rings. The molecule has 1 unspecified atom stereocenters. The zero-order valence-corrected chi connectivity index (χ0v) is 15.3. The number of esters is 1. The van der Waals surface area contributed by atoms with Crippen LogP contribution in [0.25, 0.3) is 0 Å². The summed E-state index contributed by atoms with van der Waals surface area (Å²) < 4.78 is 4.60. The average Bonchev–Trinajstić information content (AvgIpc) is 2.96. The minimum atomic E-state index is -0.446. The van der Waals surface area contributed by atoms with Gasteiger partial charge in [-0.1, -0.05) is 43.4 Å². The Hall–Kier alpha value is -1.94. The molecule has 0 aromatic carbocycles. The summed E-state index contributed by atoms with van der Waals surface area (Å²) in [6.07, 6.45) is 17.9. The van der Waals surface area contributed by atoms with Crippen molar-refractivity contribution in [2.45, 2.75) is 58.0 Å². The third kappa shape index (κ3) is 8.64. The van der Waals surface area contributed by atoms with Crippen molar-refractivity contribution in [3.8, 4) is 0 Å². The van der Waals surface area contributed by atoms with E-state index in [9.17, 15) is 14.7 Å². The highest BCUT2D eigenvalue weighted by Crippen LogP contribution is 2.26. The fourth-order valence-electron chi connectivity index (χ4n) is 2.65. The van der Waals surface area contributed by atoms with Gasteiger partial charge in [-0.15, -0.1) is 0 Å². The second kappa shape index (κ2) is 12.4. The van der Waals surface area contributed by atoms with E-state index in [4.69, 9.17) is 0 Å². The lowest BCUT2D eigenvalue weighted by Crippen LogP contribution is -2.07. The van der Waals surface area contributed by atoms with Crippen LogP contribution in [-0.2, 0) is 14.3 Å². The van der Waals surface area contributed by atoms with Gasteiger partial charge in [0.05, 0.1) is 13.2 Å². The van der Waals surface area contributed by atoms with E-state index in [1.165, 1.54) is 7.11 Å². The Bertz CT molecular complexity index is 540. The summed E-state index contributed by atoms with van der Waals surface area (Å²) in [5.74, 6) is -0.0570. The van der Waals surface area contributed by atoms with E-state index in [2.05, 4.69) is 17.7 Å². The maximum absolute atomic E-state index is 12.0. The maximum Gasteiger partial charge on any atom is 0.305 e. The van der Waals surface area contributed by atoms with Crippen LogP contribution < -0.4 is 0 Å². The first-order valence-corrected chi connectivity index (χ1v) is 9.05. The molecule has 4 heteroatoms. The summed E-state index contributed by atoms with van der Waals surface area (Å²) in [7, 11) is 1.40. The molecule has 4 nitrogen and oxygen atoms in total. The molecule has 0 radical (unpaired) electrons. The van der Waals surface area contributed by atoms with Crippen molar-refractivity contribution in [1.29, 1.82) is 0 Å².